The van der Waals surface area contributed by atoms with Crippen LogP contribution in [0.2, 0.25) is 0 Å². The molecule has 4 heteroatoms. The van der Waals surface area contributed by atoms with E-state index in [-0.39, 0.29) is 12.1 Å². The minimum absolute atomic E-state index is 0.165. The van der Waals surface area contributed by atoms with Gasteiger partial charge in [0, 0.05) is 24.6 Å². The molecular weight excluding hydrogens is 278 g/mol. The SMILES string of the molecule is C[C@@H]1C[C@@H](NCc2cccc(C(=O)O)c2)c2ccccc2O1. The fourth-order valence-corrected chi connectivity index (χ4v) is 2.85. The third-order valence-electron chi connectivity index (χ3n) is 3.92. The van der Waals surface area contributed by atoms with Crippen LogP contribution in [0.15, 0.2) is 48.5 Å². The van der Waals surface area contributed by atoms with Gasteiger partial charge in [0.1, 0.15) is 5.75 Å². The van der Waals surface area contributed by atoms with Crippen molar-refractivity contribution in [1.29, 1.82) is 0 Å². The first-order chi connectivity index (χ1) is 10.6. The van der Waals surface area contributed by atoms with Gasteiger partial charge in [-0.05, 0) is 30.7 Å². The fourth-order valence-electron chi connectivity index (χ4n) is 2.85. The highest BCUT2D eigenvalue weighted by Crippen LogP contribution is 2.34. The van der Waals surface area contributed by atoms with Gasteiger partial charge in [0.25, 0.3) is 0 Å². The molecule has 0 saturated heterocycles. The number of para-hydroxylation sites is 1. The second kappa shape index (κ2) is 6.20. The lowest BCUT2D eigenvalue weighted by molar-refractivity contribution is 0.0696. The van der Waals surface area contributed by atoms with Crippen LogP contribution in [-0.2, 0) is 6.54 Å². The third-order valence-corrected chi connectivity index (χ3v) is 3.92. The topological polar surface area (TPSA) is 58.6 Å². The van der Waals surface area contributed by atoms with Crippen LogP contribution >= 0.6 is 0 Å². The lowest BCUT2D eigenvalue weighted by Gasteiger charge is -2.31. The summed E-state index contributed by atoms with van der Waals surface area (Å²) in [4.78, 5) is 11.0. The van der Waals surface area contributed by atoms with Gasteiger partial charge in [0.2, 0.25) is 0 Å². The third kappa shape index (κ3) is 3.12. The van der Waals surface area contributed by atoms with Crippen LogP contribution in [0.4, 0.5) is 0 Å². The highest BCUT2D eigenvalue weighted by Gasteiger charge is 2.24. The first kappa shape index (κ1) is 14.6. The predicted molar refractivity (Wildman–Crippen MR) is 84.1 cm³/mol. The van der Waals surface area contributed by atoms with Gasteiger partial charge in [-0.2, -0.15) is 0 Å². The number of carboxylic acid groups (broad SMARTS) is 1. The van der Waals surface area contributed by atoms with E-state index in [9.17, 15) is 4.79 Å². The van der Waals surface area contributed by atoms with E-state index in [1.165, 1.54) is 0 Å². The van der Waals surface area contributed by atoms with Crippen molar-refractivity contribution < 1.29 is 14.6 Å². The zero-order valence-corrected chi connectivity index (χ0v) is 12.5. The summed E-state index contributed by atoms with van der Waals surface area (Å²) in [7, 11) is 0. The van der Waals surface area contributed by atoms with Crippen molar-refractivity contribution in [2.45, 2.75) is 32.0 Å². The van der Waals surface area contributed by atoms with Crippen molar-refractivity contribution in [3.05, 3.63) is 65.2 Å². The molecule has 4 nitrogen and oxygen atoms in total. The van der Waals surface area contributed by atoms with Crippen LogP contribution < -0.4 is 10.1 Å². The maximum Gasteiger partial charge on any atom is 0.335 e. The zero-order chi connectivity index (χ0) is 15.5. The predicted octanol–water partition coefficient (Wildman–Crippen LogP) is 3.39. The number of carbonyl (C=O) groups is 1. The van der Waals surface area contributed by atoms with Gasteiger partial charge in [0.15, 0.2) is 0 Å². The minimum atomic E-state index is -0.896. The normalized spacial score (nSPS) is 20.0. The van der Waals surface area contributed by atoms with Gasteiger partial charge in [-0.1, -0.05) is 30.3 Å². The Hall–Kier alpha value is -2.33. The molecule has 2 N–H and O–H groups in total. The van der Waals surface area contributed by atoms with Gasteiger partial charge >= 0.3 is 5.97 Å². The lowest BCUT2D eigenvalue weighted by atomic mass is 9.96. The number of nitrogens with one attached hydrogen (secondary N) is 1. The van der Waals surface area contributed by atoms with Crippen LogP contribution in [0.3, 0.4) is 0 Å². The minimum Gasteiger partial charge on any atom is -0.490 e. The molecule has 2 aromatic carbocycles. The Morgan fingerprint density at radius 3 is 2.91 bits per heavy atom. The first-order valence-corrected chi connectivity index (χ1v) is 7.44. The molecule has 0 aliphatic carbocycles. The monoisotopic (exact) mass is 297 g/mol. The summed E-state index contributed by atoms with van der Waals surface area (Å²) >= 11 is 0. The number of hydrogen-bond acceptors (Lipinski definition) is 3. The van der Waals surface area contributed by atoms with Crippen molar-refractivity contribution >= 4 is 5.97 Å². The quantitative estimate of drug-likeness (QED) is 0.908. The molecule has 0 aromatic heterocycles. The Kier molecular flexibility index (Phi) is 4.11. The summed E-state index contributed by atoms with van der Waals surface area (Å²) in [5.74, 6) is 0.0323. The number of rotatable bonds is 4. The molecule has 0 saturated carbocycles. The van der Waals surface area contributed by atoms with Gasteiger partial charge in [-0.25, -0.2) is 4.79 Å². The second-order valence-corrected chi connectivity index (χ2v) is 5.64. The molecule has 22 heavy (non-hydrogen) atoms. The van der Waals surface area contributed by atoms with Crippen molar-refractivity contribution in [3.63, 3.8) is 0 Å². The molecule has 1 heterocycles. The summed E-state index contributed by atoms with van der Waals surface area (Å²) in [6.07, 6.45) is 1.06. The Balaban J connectivity index is 1.74. The standard InChI is InChI=1S/C18H19NO3/c1-12-9-16(15-7-2-3-8-17(15)22-12)19-11-13-5-4-6-14(10-13)18(20)21/h2-8,10,12,16,19H,9,11H2,1H3,(H,20,21)/t12-,16-/m1/s1. The molecule has 2 aromatic rings. The molecule has 3 rings (SSSR count). The van der Waals surface area contributed by atoms with E-state index in [0.717, 1.165) is 23.3 Å². The molecule has 0 spiro atoms. The van der Waals surface area contributed by atoms with Crippen LogP contribution in [0.1, 0.15) is 40.9 Å². The average Bonchev–Trinajstić information content (AvgIpc) is 2.52. The van der Waals surface area contributed by atoms with Gasteiger partial charge in [0.05, 0.1) is 11.7 Å². The molecule has 0 unspecified atom stereocenters. The summed E-state index contributed by atoms with van der Waals surface area (Å²) < 4.78 is 5.85. The highest BCUT2D eigenvalue weighted by atomic mass is 16.5. The average molecular weight is 297 g/mol. The van der Waals surface area contributed by atoms with Crippen LogP contribution in [0.25, 0.3) is 0 Å². The van der Waals surface area contributed by atoms with E-state index in [0.29, 0.717) is 12.1 Å². The van der Waals surface area contributed by atoms with E-state index < -0.39 is 5.97 Å². The van der Waals surface area contributed by atoms with Gasteiger partial charge in [-0.3, -0.25) is 0 Å². The smallest absolute Gasteiger partial charge is 0.335 e. The van der Waals surface area contributed by atoms with Gasteiger partial charge in [-0.15, -0.1) is 0 Å². The molecular formula is C18H19NO3. The Bertz CT molecular complexity index is 684. The van der Waals surface area contributed by atoms with Crippen molar-refractivity contribution in [3.8, 4) is 5.75 Å². The van der Waals surface area contributed by atoms with Crippen LogP contribution in [-0.4, -0.2) is 17.2 Å². The van der Waals surface area contributed by atoms with Crippen LogP contribution in [0.5, 0.6) is 5.75 Å². The van der Waals surface area contributed by atoms with Crippen molar-refractivity contribution in [2.75, 3.05) is 0 Å². The molecule has 114 valence electrons. The van der Waals surface area contributed by atoms with Gasteiger partial charge < -0.3 is 15.2 Å². The molecule has 0 bridgehead atoms. The molecule has 0 amide bonds. The number of fused-ring (bicyclic) bond motifs is 1. The number of benzene rings is 2. The Morgan fingerprint density at radius 2 is 2.09 bits per heavy atom. The van der Waals surface area contributed by atoms with Crippen molar-refractivity contribution in [1.82, 2.24) is 5.32 Å². The number of ether oxygens (including phenoxy) is 1. The second-order valence-electron chi connectivity index (χ2n) is 5.64. The molecule has 2 atom stereocenters. The van der Waals surface area contributed by atoms with Crippen molar-refractivity contribution in [2.24, 2.45) is 0 Å². The first-order valence-electron chi connectivity index (χ1n) is 7.44. The van der Waals surface area contributed by atoms with Crippen LogP contribution in [0, 0.1) is 0 Å². The zero-order valence-electron chi connectivity index (χ0n) is 12.5. The van der Waals surface area contributed by atoms with E-state index in [1.54, 1.807) is 18.2 Å². The Morgan fingerprint density at radius 1 is 1.27 bits per heavy atom. The largest absolute Gasteiger partial charge is 0.490 e. The molecule has 0 fully saturated rings. The van der Waals surface area contributed by atoms with E-state index in [1.807, 2.05) is 24.3 Å². The lowest BCUT2D eigenvalue weighted by Crippen LogP contribution is -2.31. The summed E-state index contributed by atoms with van der Waals surface area (Å²) in [5, 5.41) is 12.6. The number of carboxylic acids is 1. The summed E-state index contributed by atoms with van der Waals surface area (Å²) in [6.45, 7) is 2.70. The summed E-state index contributed by atoms with van der Waals surface area (Å²) in [5.41, 5.74) is 2.45. The van der Waals surface area contributed by atoms with E-state index >= 15 is 0 Å². The maximum absolute atomic E-state index is 11.0. The maximum atomic E-state index is 11.0. The number of hydrogen-bond donors (Lipinski definition) is 2. The summed E-state index contributed by atoms with van der Waals surface area (Å²) in [6, 6.07) is 15.3. The number of aromatic carboxylic acids is 1. The molecule has 1 aliphatic heterocycles. The molecule has 1 aliphatic rings. The Labute approximate surface area is 129 Å². The van der Waals surface area contributed by atoms with E-state index in [4.69, 9.17) is 9.84 Å². The fraction of sp³-hybridized carbons (Fsp3) is 0.278. The van der Waals surface area contributed by atoms with E-state index in [2.05, 4.69) is 18.3 Å². The molecule has 0 radical (unpaired) electrons. The highest BCUT2D eigenvalue weighted by molar-refractivity contribution is 5.87.